The van der Waals surface area contributed by atoms with Crippen molar-refractivity contribution in [3.05, 3.63) is 34.1 Å². The summed E-state index contributed by atoms with van der Waals surface area (Å²) in [7, 11) is 4.38. The summed E-state index contributed by atoms with van der Waals surface area (Å²) in [5.74, 6) is -8.12. The zero-order valence-electron chi connectivity index (χ0n) is 23.3. The monoisotopic (exact) mass is 588 g/mol. The number of alkyl halides is 1. The predicted octanol–water partition coefficient (Wildman–Crippen LogP) is -0.0451. The van der Waals surface area contributed by atoms with E-state index in [0.29, 0.717) is 18.5 Å². The molecule has 1 aromatic carbocycles. The number of halogens is 1. The van der Waals surface area contributed by atoms with Crippen molar-refractivity contribution in [2.45, 2.75) is 37.1 Å². The molecule has 4 aliphatic rings. The van der Waals surface area contributed by atoms with Crippen molar-refractivity contribution in [3.63, 3.8) is 0 Å². The number of carbonyl (C=O) groups is 4. The number of aromatic hydroxyl groups is 1. The predicted molar refractivity (Wildman–Crippen MR) is 145 cm³/mol. The zero-order chi connectivity index (χ0) is 30.8. The van der Waals surface area contributed by atoms with E-state index >= 15 is 0 Å². The quantitative estimate of drug-likeness (QED) is 0.192. The van der Waals surface area contributed by atoms with Gasteiger partial charge in [-0.3, -0.25) is 29.0 Å². The number of fused-ring (bicyclic) bond motifs is 3. The number of phenolic OH excluding ortho intramolecular Hbond substituents is 1. The number of hydrogen-bond acceptors (Lipinski definition) is 11. The Kier molecular flexibility index (Phi) is 7.28. The molecule has 0 bridgehead atoms. The maximum Gasteiger partial charge on any atom is 0.255 e. The average molecular weight is 589 g/mol. The fraction of sp³-hybridized carbons (Fsp3) is 0.500. The minimum Gasteiger partial charge on any atom is -0.508 e. The van der Waals surface area contributed by atoms with Gasteiger partial charge in [0, 0.05) is 36.2 Å². The van der Waals surface area contributed by atoms with Crippen LogP contribution >= 0.6 is 0 Å². The molecule has 7 N–H and O–H groups in total. The number of aliphatic hydroxyl groups is 3. The molecule has 2 amide bonds. The second-order valence-electron chi connectivity index (χ2n) is 11.5. The lowest BCUT2D eigenvalue weighted by Crippen LogP contribution is -2.65. The normalized spacial score (nSPS) is 29.4. The van der Waals surface area contributed by atoms with Gasteiger partial charge < -0.3 is 36.2 Å². The van der Waals surface area contributed by atoms with Crippen LogP contribution in [0.25, 0.3) is 5.76 Å². The minimum atomic E-state index is -2.76. The Labute approximate surface area is 240 Å². The van der Waals surface area contributed by atoms with E-state index in [2.05, 4.69) is 5.32 Å². The molecule has 0 radical (unpaired) electrons. The number of amides is 2. The van der Waals surface area contributed by atoms with Crippen LogP contribution < -0.4 is 15.8 Å². The zero-order valence-corrected chi connectivity index (χ0v) is 23.3. The van der Waals surface area contributed by atoms with Gasteiger partial charge >= 0.3 is 0 Å². The Morgan fingerprint density at radius 2 is 1.95 bits per heavy atom. The highest BCUT2D eigenvalue weighted by Crippen LogP contribution is 2.54. The van der Waals surface area contributed by atoms with E-state index in [-0.39, 0.29) is 48.5 Å². The number of anilines is 1. The molecule has 14 heteroatoms. The highest BCUT2D eigenvalue weighted by Gasteiger charge is 2.64. The van der Waals surface area contributed by atoms with Crippen LogP contribution in [0.3, 0.4) is 0 Å². The SMILES string of the molecule is COc1cc(NC(=O)CN2CC[C@H](F)C2)c(O)c2c1C[C@H]1C[C@H]3[C@H](N(C)C)C(=O)C(C(N)=O)=C(O)[C@@]3(O)C(=O)C1=C2O. The first-order valence-corrected chi connectivity index (χ1v) is 13.5. The number of methoxy groups -OCH3 is 1. The van der Waals surface area contributed by atoms with E-state index in [9.17, 15) is 44.0 Å². The Hall–Kier alpha value is -4.01. The van der Waals surface area contributed by atoms with E-state index < -0.39 is 75.9 Å². The molecule has 3 aliphatic carbocycles. The topological polar surface area (TPSA) is 203 Å². The van der Waals surface area contributed by atoms with Crippen LogP contribution in [0.2, 0.25) is 0 Å². The van der Waals surface area contributed by atoms with Gasteiger partial charge in [-0.2, -0.15) is 0 Å². The molecule has 1 aliphatic heterocycles. The summed E-state index contributed by atoms with van der Waals surface area (Å²) < 4.78 is 19.0. The molecule has 5 atom stereocenters. The molecule has 13 nitrogen and oxygen atoms in total. The van der Waals surface area contributed by atoms with Crippen LogP contribution in [-0.2, 0) is 25.6 Å². The summed E-state index contributed by atoms with van der Waals surface area (Å²) in [5, 5.41) is 47.8. The fourth-order valence-electron chi connectivity index (χ4n) is 6.88. The molecule has 1 aromatic rings. The third kappa shape index (κ3) is 4.32. The second kappa shape index (κ2) is 10.4. The minimum absolute atomic E-state index is 0.0329. The third-order valence-corrected chi connectivity index (χ3v) is 8.76. The molecular formula is C28H33FN4O9. The first-order valence-electron chi connectivity index (χ1n) is 13.5. The average Bonchev–Trinajstić information content (AvgIpc) is 3.31. The van der Waals surface area contributed by atoms with E-state index in [0.717, 1.165) is 0 Å². The van der Waals surface area contributed by atoms with E-state index in [1.54, 1.807) is 4.90 Å². The number of likely N-dealkylation sites (tertiary alicyclic amines) is 1. The highest BCUT2D eigenvalue weighted by molar-refractivity contribution is 6.24. The number of benzene rings is 1. The van der Waals surface area contributed by atoms with Gasteiger partial charge in [0.2, 0.25) is 11.7 Å². The van der Waals surface area contributed by atoms with Crippen molar-refractivity contribution in [3.8, 4) is 11.5 Å². The summed E-state index contributed by atoms with van der Waals surface area (Å²) in [6.45, 7) is 0.362. The van der Waals surface area contributed by atoms with Gasteiger partial charge in [-0.25, -0.2) is 4.39 Å². The number of Topliss-reactive ketones (excluding diaryl/α,β-unsaturated/α-hetero) is 2. The number of ketones is 2. The van der Waals surface area contributed by atoms with Crippen molar-refractivity contribution >= 4 is 34.8 Å². The van der Waals surface area contributed by atoms with Crippen molar-refractivity contribution in [2.75, 3.05) is 46.2 Å². The standard InChI is InChI=1S/C28H33FN4O9/c1-32(2)21-14-7-11-6-13-16(42-3)8-15(31-17(34)10-33-5-4-12(29)9-33)22(35)19(13)23(36)18(11)25(38)28(14,41)26(39)20(24(21)37)27(30)40/h8,11-12,14,21,35-36,39,41H,4-7,9-10H2,1-3H3,(H2,30,40)(H,31,34)/t11-,12-,14-,21-,28-/m0/s1. The molecule has 226 valence electrons. The van der Waals surface area contributed by atoms with Crippen LogP contribution in [-0.4, -0.2) is 112 Å². The Bertz CT molecular complexity index is 1470. The summed E-state index contributed by atoms with van der Waals surface area (Å²) in [6, 6.07) is 0.173. The number of ether oxygens (including phenoxy) is 1. The van der Waals surface area contributed by atoms with E-state index in [1.165, 1.54) is 32.2 Å². The molecule has 0 unspecified atom stereocenters. The van der Waals surface area contributed by atoms with Crippen LogP contribution in [0.5, 0.6) is 11.5 Å². The molecule has 0 spiro atoms. The molecular weight excluding hydrogens is 555 g/mol. The maximum absolute atomic E-state index is 14.0. The Balaban J connectivity index is 1.60. The van der Waals surface area contributed by atoms with Gasteiger partial charge in [0.1, 0.15) is 29.0 Å². The number of phenols is 1. The second-order valence-corrected chi connectivity index (χ2v) is 11.5. The number of likely N-dealkylation sites (N-methyl/N-ethyl adjacent to an activating group) is 1. The molecule has 5 rings (SSSR count). The molecule has 1 saturated heterocycles. The summed E-state index contributed by atoms with van der Waals surface area (Å²) in [6.07, 6.45) is -0.757. The van der Waals surface area contributed by atoms with Gasteiger partial charge in [0.25, 0.3) is 5.91 Å². The van der Waals surface area contributed by atoms with Crippen molar-refractivity contribution in [1.29, 1.82) is 0 Å². The van der Waals surface area contributed by atoms with E-state index in [4.69, 9.17) is 10.5 Å². The highest BCUT2D eigenvalue weighted by atomic mass is 19.1. The van der Waals surface area contributed by atoms with Crippen molar-refractivity contribution in [2.24, 2.45) is 17.6 Å². The summed E-state index contributed by atoms with van der Waals surface area (Å²) in [5.41, 5.74) is 1.32. The lowest BCUT2D eigenvalue weighted by molar-refractivity contribution is -0.153. The third-order valence-electron chi connectivity index (χ3n) is 8.76. The first kappa shape index (κ1) is 29.5. The summed E-state index contributed by atoms with van der Waals surface area (Å²) >= 11 is 0. The van der Waals surface area contributed by atoms with Crippen molar-refractivity contribution in [1.82, 2.24) is 9.80 Å². The number of nitrogens with one attached hydrogen (secondary N) is 1. The molecule has 1 heterocycles. The van der Waals surface area contributed by atoms with Crippen molar-refractivity contribution < 1.29 is 48.7 Å². The first-order chi connectivity index (χ1) is 19.7. The molecule has 0 aromatic heterocycles. The van der Waals surface area contributed by atoms with Gasteiger partial charge in [0.05, 0.1) is 30.9 Å². The maximum atomic E-state index is 14.0. The fourth-order valence-corrected chi connectivity index (χ4v) is 6.88. The number of hydrogen-bond donors (Lipinski definition) is 6. The van der Waals surface area contributed by atoms with Crippen LogP contribution in [0.1, 0.15) is 24.0 Å². The van der Waals surface area contributed by atoms with Crippen LogP contribution in [0.4, 0.5) is 10.1 Å². The smallest absolute Gasteiger partial charge is 0.255 e. The molecule has 2 fully saturated rings. The van der Waals surface area contributed by atoms with Gasteiger partial charge in [-0.05, 0) is 39.3 Å². The largest absolute Gasteiger partial charge is 0.508 e. The number of primary amides is 1. The molecule has 42 heavy (non-hydrogen) atoms. The van der Waals surface area contributed by atoms with E-state index in [1.807, 2.05) is 0 Å². The number of rotatable bonds is 6. The number of aliphatic hydroxyl groups excluding tert-OH is 2. The summed E-state index contributed by atoms with van der Waals surface area (Å²) in [4.78, 5) is 55.0. The number of carbonyl (C=O) groups excluding carboxylic acids is 4. The van der Waals surface area contributed by atoms with Gasteiger partial charge in [0.15, 0.2) is 17.1 Å². The lowest BCUT2D eigenvalue weighted by Gasteiger charge is -2.50. The van der Waals surface area contributed by atoms with Gasteiger partial charge in [-0.1, -0.05) is 0 Å². The Morgan fingerprint density at radius 1 is 1.26 bits per heavy atom. The molecule has 1 saturated carbocycles. The van der Waals surface area contributed by atoms with Crippen LogP contribution in [0, 0.1) is 11.8 Å². The number of nitrogens with two attached hydrogens (primary N) is 1. The Morgan fingerprint density at radius 3 is 2.52 bits per heavy atom. The number of nitrogens with zero attached hydrogens (tertiary/aromatic N) is 2. The van der Waals surface area contributed by atoms with Crippen LogP contribution in [0.15, 0.2) is 23.0 Å². The van der Waals surface area contributed by atoms with Gasteiger partial charge in [-0.15, -0.1) is 0 Å². The lowest BCUT2D eigenvalue weighted by atomic mass is 9.57.